The maximum absolute atomic E-state index is 11.2. The van der Waals surface area contributed by atoms with Crippen molar-refractivity contribution in [1.82, 2.24) is 10.6 Å². The maximum atomic E-state index is 11.2. The average molecular weight is 238 g/mol. The van der Waals surface area contributed by atoms with Gasteiger partial charge in [-0.3, -0.25) is 0 Å². The molecule has 0 bridgehead atoms. The summed E-state index contributed by atoms with van der Waals surface area (Å²) in [6, 6.07) is 7.18. The number of carbonyl (C=O) groups excluding carboxylic acids is 1. The van der Waals surface area contributed by atoms with Crippen LogP contribution >= 0.6 is 0 Å². The first-order valence-electron chi connectivity index (χ1n) is 5.47. The van der Waals surface area contributed by atoms with Crippen LogP contribution in [0.5, 0.6) is 5.75 Å². The zero-order valence-corrected chi connectivity index (χ0v) is 10.1. The molecule has 1 unspecified atom stereocenters. The summed E-state index contributed by atoms with van der Waals surface area (Å²) < 4.78 is 5.30. The van der Waals surface area contributed by atoms with Crippen molar-refractivity contribution in [3.63, 3.8) is 0 Å². The molecule has 0 aromatic heterocycles. The molecule has 17 heavy (non-hydrogen) atoms. The first kappa shape index (κ1) is 13.3. The Bertz CT molecular complexity index is 349. The largest absolute Gasteiger partial charge is 0.473 e. The van der Waals surface area contributed by atoms with E-state index in [0.29, 0.717) is 5.75 Å². The van der Waals surface area contributed by atoms with Crippen LogP contribution < -0.4 is 15.4 Å². The van der Waals surface area contributed by atoms with Crippen LogP contribution in [0.2, 0.25) is 0 Å². The molecule has 1 aromatic rings. The van der Waals surface area contributed by atoms with Gasteiger partial charge >= 0.3 is 6.03 Å². The van der Waals surface area contributed by atoms with E-state index in [0.717, 1.165) is 5.56 Å². The van der Waals surface area contributed by atoms with Crippen molar-refractivity contribution in [1.29, 1.82) is 0 Å². The summed E-state index contributed by atoms with van der Waals surface area (Å²) in [5.41, 5.74) is 1.15. The lowest BCUT2D eigenvalue weighted by atomic mass is 10.2. The molecule has 0 aliphatic heterocycles. The van der Waals surface area contributed by atoms with E-state index in [1.165, 1.54) is 0 Å². The van der Waals surface area contributed by atoms with Crippen LogP contribution in [0, 0.1) is 6.92 Å². The molecule has 0 saturated heterocycles. The molecular formula is C12H18N2O3. The quantitative estimate of drug-likeness (QED) is 0.670. The minimum absolute atomic E-state index is 0.0920. The number of aryl methyl sites for hydroxylation is 1. The second kappa shape index (κ2) is 6.75. The van der Waals surface area contributed by atoms with Gasteiger partial charge in [0.25, 0.3) is 0 Å². The average Bonchev–Trinajstić information content (AvgIpc) is 2.29. The van der Waals surface area contributed by atoms with Gasteiger partial charge in [-0.15, -0.1) is 0 Å². The fourth-order valence-corrected chi connectivity index (χ4v) is 1.12. The number of nitrogens with one attached hydrogen (secondary N) is 2. The number of hydrogen-bond acceptors (Lipinski definition) is 3. The molecule has 1 atom stereocenters. The van der Waals surface area contributed by atoms with Crippen molar-refractivity contribution in [2.45, 2.75) is 20.0 Å². The zero-order valence-electron chi connectivity index (χ0n) is 10.1. The number of carbonyl (C=O) groups is 1. The fourth-order valence-electron chi connectivity index (χ4n) is 1.12. The van der Waals surface area contributed by atoms with Crippen molar-refractivity contribution >= 4 is 6.03 Å². The van der Waals surface area contributed by atoms with Gasteiger partial charge in [0.1, 0.15) is 5.75 Å². The molecule has 5 heteroatoms. The summed E-state index contributed by atoms with van der Waals surface area (Å²) in [6.45, 7) is 3.90. The number of rotatable bonds is 5. The molecule has 3 N–H and O–H groups in total. The molecule has 1 aromatic carbocycles. The minimum atomic E-state index is -0.557. The number of amides is 2. The summed E-state index contributed by atoms with van der Waals surface area (Å²) in [5, 5.41) is 14.0. The van der Waals surface area contributed by atoms with Gasteiger partial charge in [-0.1, -0.05) is 17.7 Å². The van der Waals surface area contributed by atoms with Crippen LogP contribution in [0.4, 0.5) is 4.79 Å². The molecule has 0 fully saturated rings. The molecule has 0 aliphatic carbocycles. The van der Waals surface area contributed by atoms with E-state index in [1.807, 2.05) is 31.2 Å². The lowest BCUT2D eigenvalue weighted by Crippen LogP contribution is -2.40. The number of hydrogen-bond donors (Lipinski definition) is 3. The smallest absolute Gasteiger partial charge is 0.317 e. The van der Waals surface area contributed by atoms with E-state index >= 15 is 0 Å². The van der Waals surface area contributed by atoms with Crippen molar-refractivity contribution in [3.05, 3.63) is 29.8 Å². The highest BCUT2D eigenvalue weighted by molar-refractivity contribution is 5.73. The number of urea groups is 1. The molecule has 0 saturated carbocycles. The number of benzene rings is 1. The summed E-state index contributed by atoms with van der Waals surface area (Å²) >= 11 is 0. The Morgan fingerprint density at radius 1 is 1.35 bits per heavy atom. The SMILES string of the molecule is Cc1ccc(OCNC(=O)NCC(C)O)cc1. The summed E-state index contributed by atoms with van der Waals surface area (Å²) in [4.78, 5) is 11.2. The lowest BCUT2D eigenvalue weighted by molar-refractivity contribution is 0.184. The molecular weight excluding hydrogens is 220 g/mol. The first-order valence-corrected chi connectivity index (χ1v) is 5.47. The predicted molar refractivity (Wildman–Crippen MR) is 64.9 cm³/mol. The third-order valence-electron chi connectivity index (χ3n) is 2.05. The molecule has 0 aliphatic rings. The molecule has 2 amide bonds. The van der Waals surface area contributed by atoms with Gasteiger partial charge in [0.15, 0.2) is 6.73 Å². The Labute approximate surface area is 101 Å². The number of ether oxygens (including phenoxy) is 1. The third kappa shape index (κ3) is 5.77. The summed E-state index contributed by atoms with van der Waals surface area (Å²) in [7, 11) is 0. The molecule has 0 heterocycles. The first-order chi connectivity index (χ1) is 8.08. The van der Waals surface area contributed by atoms with Crippen molar-refractivity contribution in [3.8, 4) is 5.75 Å². The van der Waals surface area contributed by atoms with Crippen LogP contribution in [0.3, 0.4) is 0 Å². The second-order valence-corrected chi connectivity index (χ2v) is 3.84. The molecule has 0 spiro atoms. The lowest BCUT2D eigenvalue weighted by Gasteiger charge is -2.10. The minimum Gasteiger partial charge on any atom is -0.473 e. The van der Waals surface area contributed by atoms with E-state index in [2.05, 4.69) is 10.6 Å². The van der Waals surface area contributed by atoms with Crippen molar-refractivity contribution in [2.24, 2.45) is 0 Å². The highest BCUT2D eigenvalue weighted by Crippen LogP contribution is 2.10. The third-order valence-corrected chi connectivity index (χ3v) is 2.05. The van der Waals surface area contributed by atoms with E-state index in [1.54, 1.807) is 6.92 Å². The Balaban J connectivity index is 2.19. The number of aliphatic hydroxyl groups is 1. The van der Waals surface area contributed by atoms with Gasteiger partial charge in [-0.2, -0.15) is 0 Å². The Morgan fingerprint density at radius 3 is 2.59 bits per heavy atom. The van der Waals surface area contributed by atoms with Gasteiger partial charge < -0.3 is 20.5 Å². The van der Waals surface area contributed by atoms with Gasteiger partial charge in [0.2, 0.25) is 0 Å². The van der Waals surface area contributed by atoms with Gasteiger partial charge in [-0.25, -0.2) is 4.79 Å². The number of aliphatic hydroxyl groups excluding tert-OH is 1. The molecule has 94 valence electrons. The van der Waals surface area contributed by atoms with Crippen LogP contribution in [-0.2, 0) is 0 Å². The molecule has 5 nitrogen and oxygen atoms in total. The molecule has 0 radical (unpaired) electrons. The van der Waals surface area contributed by atoms with Gasteiger partial charge in [-0.05, 0) is 26.0 Å². The summed E-state index contributed by atoms with van der Waals surface area (Å²) in [6.07, 6.45) is -0.557. The van der Waals surface area contributed by atoms with Crippen molar-refractivity contribution in [2.75, 3.05) is 13.3 Å². The highest BCUT2D eigenvalue weighted by atomic mass is 16.5. The summed E-state index contributed by atoms with van der Waals surface area (Å²) in [5.74, 6) is 0.700. The van der Waals surface area contributed by atoms with E-state index in [4.69, 9.17) is 9.84 Å². The Kier molecular flexibility index (Phi) is 5.29. The molecule has 1 rings (SSSR count). The van der Waals surface area contributed by atoms with Crippen molar-refractivity contribution < 1.29 is 14.6 Å². The van der Waals surface area contributed by atoms with Crippen LogP contribution in [0.1, 0.15) is 12.5 Å². The highest BCUT2D eigenvalue weighted by Gasteiger charge is 2.01. The maximum Gasteiger partial charge on any atom is 0.317 e. The van der Waals surface area contributed by atoms with E-state index in [-0.39, 0.29) is 19.3 Å². The van der Waals surface area contributed by atoms with Gasteiger partial charge in [0, 0.05) is 6.54 Å². The fraction of sp³-hybridized carbons (Fsp3) is 0.417. The zero-order chi connectivity index (χ0) is 12.7. The van der Waals surface area contributed by atoms with Crippen LogP contribution in [0.25, 0.3) is 0 Å². The second-order valence-electron chi connectivity index (χ2n) is 3.84. The predicted octanol–water partition coefficient (Wildman–Crippen LogP) is 1.01. The van der Waals surface area contributed by atoms with E-state index in [9.17, 15) is 4.79 Å². The van der Waals surface area contributed by atoms with Crippen LogP contribution in [0.15, 0.2) is 24.3 Å². The monoisotopic (exact) mass is 238 g/mol. The van der Waals surface area contributed by atoms with Crippen LogP contribution in [-0.4, -0.2) is 30.5 Å². The van der Waals surface area contributed by atoms with Gasteiger partial charge in [0.05, 0.1) is 6.10 Å². The Morgan fingerprint density at radius 2 is 2.00 bits per heavy atom. The van der Waals surface area contributed by atoms with E-state index < -0.39 is 6.10 Å². The Hall–Kier alpha value is -1.75. The normalized spacial score (nSPS) is 11.7. The standard InChI is InChI=1S/C12H18N2O3/c1-9-3-5-11(6-4-9)17-8-14-12(16)13-7-10(2)15/h3-6,10,15H,7-8H2,1-2H3,(H2,13,14,16). The topological polar surface area (TPSA) is 70.6 Å².